The second-order valence-corrected chi connectivity index (χ2v) is 3.83. The molecule has 5 N–H and O–H groups in total. The summed E-state index contributed by atoms with van der Waals surface area (Å²) in [4.78, 5) is 22.1. The first-order valence-corrected chi connectivity index (χ1v) is 5.65. The predicted octanol–water partition coefficient (Wildman–Crippen LogP) is -0.930. The molecule has 0 bridgehead atoms. The molecule has 0 saturated heterocycles. The molecule has 1 atom stereocenters. The molecule has 1 unspecified atom stereocenters. The van der Waals surface area contributed by atoms with Crippen LogP contribution in [0.1, 0.15) is 0 Å². The van der Waals surface area contributed by atoms with E-state index in [1.54, 1.807) is 31.4 Å². The molecule has 0 fully saturated rings. The summed E-state index contributed by atoms with van der Waals surface area (Å²) in [5, 5.41) is 14.4. The predicted molar refractivity (Wildman–Crippen MR) is 69.7 cm³/mol. The van der Waals surface area contributed by atoms with Crippen molar-refractivity contribution in [2.45, 2.75) is 6.10 Å². The fourth-order valence-corrected chi connectivity index (χ4v) is 1.30. The van der Waals surface area contributed by atoms with Gasteiger partial charge in [0.1, 0.15) is 11.9 Å². The minimum atomic E-state index is -1.30. The number of benzene rings is 1. The summed E-state index contributed by atoms with van der Waals surface area (Å²) in [7, 11) is 1.56. The Morgan fingerprint density at radius 3 is 2.53 bits per heavy atom. The highest BCUT2D eigenvalue weighted by atomic mass is 16.5. The molecule has 2 amide bonds. The summed E-state index contributed by atoms with van der Waals surface area (Å²) >= 11 is 0. The molecule has 0 saturated carbocycles. The summed E-state index contributed by atoms with van der Waals surface area (Å²) in [6.45, 7) is -0.0955. The van der Waals surface area contributed by atoms with Crippen LogP contribution in [0.2, 0.25) is 0 Å². The average molecular weight is 267 g/mol. The van der Waals surface area contributed by atoms with Crippen molar-refractivity contribution in [2.75, 3.05) is 25.5 Å². The average Bonchev–Trinajstić information content (AvgIpc) is 2.39. The highest BCUT2D eigenvalue weighted by Gasteiger charge is 2.10. The molecular formula is C12H17N3O4. The van der Waals surface area contributed by atoms with E-state index in [4.69, 9.17) is 15.6 Å². The summed E-state index contributed by atoms with van der Waals surface area (Å²) in [5.74, 6) is -0.425. The number of ether oxygens (including phenoxy) is 1. The molecule has 7 heteroatoms. The van der Waals surface area contributed by atoms with Crippen molar-refractivity contribution in [1.29, 1.82) is 0 Å². The van der Waals surface area contributed by atoms with Gasteiger partial charge in [-0.2, -0.15) is 0 Å². The molecule has 0 radical (unpaired) electrons. The first-order valence-electron chi connectivity index (χ1n) is 5.65. The third-order valence-electron chi connectivity index (χ3n) is 2.33. The SMILES string of the molecule is COc1ccc(NC(=O)CNCC(O)C(N)=O)cc1. The van der Waals surface area contributed by atoms with Crippen LogP contribution in [0, 0.1) is 0 Å². The van der Waals surface area contributed by atoms with Gasteiger partial charge in [0.2, 0.25) is 11.8 Å². The maximum Gasteiger partial charge on any atom is 0.247 e. The van der Waals surface area contributed by atoms with Crippen molar-refractivity contribution in [2.24, 2.45) is 5.73 Å². The summed E-state index contributed by atoms with van der Waals surface area (Å²) < 4.78 is 4.99. The first kappa shape index (κ1) is 14.9. The number of nitrogens with two attached hydrogens (primary N) is 1. The van der Waals surface area contributed by atoms with Crippen LogP contribution in [-0.2, 0) is 9.59 Å². The van der Waals surface area contributed by atoms with Gasteiger partial charge < -0.3 is 26.2 Å². The minimum absolute atomic E-state index is 0.0314. The van der Waals surface area contributed by atoms with Crippen LogP contribution in [0.15, 0.2) is 24.3 Å². The van der Waals surface area contributed by atoms with Gasteiger partial charge in [-0.05, 0) is 24.3 Å². The smallest absolute Gasteiger partial charge is 0.247 e. The van der Waals surface area contributed by atoms with Gasteiger partial charge in [0.25, 0.3) is 0 Å². The van der Waals surface area contributed by atoms with Crippen molar-refractivity contribution in [3.05, 3.63) is 24.3 Å². The number of carbonyl (C=O) groups is 2. The van der Waals surface area contributed by atoms with E-state index >= 15 is 0 Å². The summed E-state index contributed by atoms with van der Waals surface area (Å²) in [6, 6.07) is 6.85. The number of anilines is 1. The maximum absolute atomic E-state index is 11.5. The monoisotopic (exact) mass is 267 g/mol. The number of aliphatic hydroxyl groups is 1. The number of carbonyl (C=O) groups excluding carboxylic acids is 2. The van der Waals surface area contributed by atoms with Crippen LogP contribution in [-0.4, -0.2) is 43.2 Å². The summed E-state index contributed by atoms with van der Waals surface area (Å²) in [5.41, 5.74) is 5.49. The molecule has 0 aromatic heterocycles. The lowest BCUT2D eigenvalue weighted by molar-refractivity contribution is -0.126. The maximum atomic E-state index is 11.5. The van der Waals surface area contributed by atoms with Crippen LogP contribution >= 0.6 is 0 Å². The summed E-state index contributed by atoms with van der Waals surface area (Å²) in [6.07, 6.45) is -1.30. The third kappa shape index (κ3) is 5.36. The molecular weight excluding hydrogens is 250 g/mol. The van der Waals surface area contributed by atoms with Crippen LogP contribution in [0.5, 0.6) is 5.75 Å². The molecule has 0 spiro atoms. The molecule has 0 aliphatic carbocycles. The van der Waals surface area contributed by atoms with Gasteiger partial charge in [-0.1, -0.05) is 0 Å². The number of aliphatic hydroxyl groups excluding tert-OH is 1. The highest BCUT2D eigenvalue weighted by molar-refractivity contribution is 5.92. The zero-order valence-electron chi connectivity index (χ0n) is 10.6. The van der Waals surface area contributed by atoms with Crippen LogP contribution < -0.4 is 21.1 Å². The van der Waals surface area contributed by atoms with Gasteiger partial charge >= 0.3 is 0 Å². The lowest BCUT2D eigenvalue weighted by Gasteiger charge is -2.09. The molecule has 1 rings (SSSR count). The normalized spacial score (nSPS) is 11.7. The second kappa shape index (κ2) is 7.34. The number of hydrogen-bond acceptors (Lipinski definition) is 5. The number of hydrogen-bond donors (Lipinski definition) is 4. The van der Waals surface area contributed by atoms with Crippen molar-refractivity contribution >= 4 is 17.5 Å². The van der Waals surface area contributed by atoms with Crippen LogP contribution in [0.3, 0.4) is 0 Å². The standard InChI is InChI=1S/C12H17N3O4/c1-19-9-4-2-8(3-5-9)15-11(17)7-14-6-10(16)12(13)18/h2-5,10,14,16H,6-7H2,1H3,(H2,13,18)(H,15,17). The topological polar surface area (TPSA) is 114 Å². The molecule has 1 aromatic carbocycles. The number of amides is 2. The lowest BCUT2D eigenvalue weighted by atomic mass is 10.3. The molecule has 19 heavy (non-hydrogen) atoms. The van der Waals surface area contributed by atoms with Gasteiger partial charge in [-0.3, -0.25) is 9.59 Å². The number of methoxy groups -OCH3 is 1. The molecule has 104 valence electrons. The number of primary amides is 1. The van der Waals surface area contributed by atoms with E-state index in [1.807, 2.05) is 0 Å². The fourth-order valence-electron chi connectivity index (χ4n) is 1.30. The van der Waals surface area contributed by atoms with Gasteiger partial charge in [0.15, 0.2) is 0 Å². The van der Waals surface area contributed by atoms with E-state index in [9.17, 15) is 9.59 Å². The molecule has 0 aliphatic heterocycles. The Hall–Kier alpha value is -2.12. The Morgan fingerprint density at radius 1 is 1.37 bits per heavy atom. The van der Waals surface area contributed by atoms with Crippen molar-refractivity contribution < 1.29 is 19.4 Å². The Bertz CT molecular complexity index is 433. The largest absolute Gasteiger partial charge is 0.497 e. The Labute approximate surface area is 110 Å². The van der Waals surface area contributed by atoms with Gasteiger partial charge in [0, 0.05) is 12.2 Å². The third-order valence-corrected chi connectivity index (χ3v) is 2.33. The zero-order chi connectivity index (χ0) is 14.3. The Balaban J connectivity index is 2.32. The van der Waals surface area contributed by atoms with Crippen molar-refractivity contribution in [3.8, 4) is 5.75 Å². The zero-order valence-corrected chi connectivity index (χ0v) is 10.6. The van der Waals surface area contributed by atoms with E-state index < -0.39 is 12.0 Å². The van der Waals surface area contributed by atoms with E-state index in [2.05, 4.69) is 10.6 Å². The fraction of sp³-hybridized carbons (Fsp3) is 0.333. The van der Waals surface area contributed by atoms with Gasteiger partial charge in [-0.15, -0.1) is 0 Å². The first-order chi connectivity index (χ1) is 9.02. The van der Waals surface area contributed by atoms with Crippen LogP contribution in [0.4, 0.5) is 5.69 Å². The van der Waals surface area contributed by atoms with E-state index in [0.717, 1.165) is 0 Å². The molecule has 0 heterocycles. The lowest BCUT2D eigenvalue weighted by Crippen LogP contribution is -2.40. The number of nitrogens with one attached hydrogen (secondary N) is 2. The van der Waals surface area contributed by atoms with E-state index in [0.29, 0.717) is 11.4 Å². The van der Waals surface area contributed by atoms with Crippen LogP contribution in [0.25, 0.3) is 0 Å². The molecule has 0 aliphatic rings. The minimum Gasteiger partial charge on any atom is -0.497 e. The Kier molecular flexibility index (Phi) is 5.77. The second-order valence-electron chi connectivity index (χ2n) is 3.83. The number of rotatable bonds is 7. The Morgan fingerprint density at radius 2 is 2.00 bits per heavy atom. The van der Waals surface area contributed by atoms with Crippen molar-refractivity contribution in [1.82, 2.24) is 5.32 Å². The molecule has 7 nitrogen and oxygen atoms in total. The highest BCUT2D eigenvalue weighted by Crippen LogP contribution is 2.14. The van der Waals surface area contributed by atoms with Crippen molar-refractivity contribution in [3.63, 3.8) is 0 Å². The quantitative estimate of drug-likeness (QED) is 0.509. The van der Waals surface area contributed by atoms with Gasteiger partial charge in [0.05, 0.1) is 13.7 Å². The van der Waals surface area contributed by atoms with Gasteiger partial charge in [-0.25, -0.2) is 0 Å². The van der Waals surface area contributed by atoms with E-state index in [1.165, 1.54) is 0 Å². The van der Waals surface area contributed by atoms with E-state index in [-0.39, 0.29) is 19.0 Å². The molecule has 1 aromatic rings.